The average Bonchev–Trinajstić information content (AvgIpc) is 3.00. The maximum atomic E-state index is 12.6. The summed E-state index contributed by atoms with van der Waals surface area (Å²) in [7, 11) is -1.35. The lowest BCUT2D eigenvalue weighted by molar-refractivity contribution is -0.113. The van der Waals surface area contributed by atoms with Gasteiger partial charge in [-0.25, -0.2) is 4.98 Å². The Hall–Kier alpha value is -2.18. The second-order valence-corrected chi connectivity index (χ2v) is 6.52. The lowest BCUT2D eigenvalue weighted by Crippen LogP contribution is -2.14. The Balaban J connectivity index is 1.83. The molecule has 0 aliphatic carbocycles. The van der Waals surface area contributed by atoms with Gasteiger partial charge in [0.2, 0.25) is 5.91 Å². The second-order valence-electron chi connectivity index (χ2n) is 4.89. The van der Waals surface area contributed by atoms with E-state index in [2.05, 4.69) is 15.3 Å². The highest BCUT2D eigenvalue weighted by atomic mass is 35.5. The third-order valence-electron chi connectivity index (χ3n) is 3.28. The van der Waals surface area contributed by atoms with E-state index in [1.807, 2.05) is 36.4 Å². The SMILES string of the molecule is O=C(CCl)Nc1ccccc1CS(=O)c1nc2ccccc2[nH]1. The number of halogens is 1. The van der Waals surface area contributed by atoms with E-state index in [0.717, 1.165) is 16.6 Å². The number of imidazole rings is 1. The Morgan fingerprint density at radius 1 is 1.17 bits per heavy atom. The number of hydrogen-bond donors (Lipinski definition) is 2. The van der Waals surface area contributed by atoms with Crippen molar-refractivity contribution in [2.24, 2.45) is 0 Å². The quantitative estimate of drug-likeness (QED) is 0.696. The van der Waals surface area contributed by atoms with Crippen LogP contribution in [0.5, 0.6) is 0 Å². The standard InChI is InChI=1S/C16H14ClN3O2S/c17-9-15(21)18-12-6-2-1-5-11(12)10-23(22)16-19-13-7-3-4-8-14(13)20-16/h1-8H,9-10H2,(H,18,21)(H,19,20). The molecule has 0 aliphatic heterocycles. The van der Waals surface area contributed by atoms with Gasteiger partial charge >= 0.3 is 0 Å². The Labute approximate surface area is 140 Å². The van der Waals surface area contributed by atoms with Crippen molar-refractivity contribution in [2.75, 3.05) is 11.2 Å². The zero-order valence-corrected chi connectivity index (χ0v) is 13.7. The molecule has 0 aliphatic rings. The minimum atomic E-state index is -1.35. The summed E-state index contributed by atoms with van der Waals surface area (Å²) in [5.41, 5.74) is 3.01. The molecule has 0 fully saturated rings. The van der Waals surface area contributed by atoms with Gasteiger partial charge in [-0.3, -0.25) is 9.00 Å². The minimum Gasteiger partial charge on any atom is -0.331 e. The maximum absolute atomic E-state index is 12.6. The predicted molar refractivity (Wildman–Crippen MR) is 92.0 cm³/mol. The van der Waals surface area contributed by atoms with E-state index in [9.17, 15) is 9.00 Å². The van der Waals surface area contributed by atoms with Crippen molar-refractivity contribution in [3.63, 3.8) is 0 Å². The highest BCUT2D eigenvalue weighted by Gasteiger charge is 2.13. The molecule has 0 radical (unpaired) electrons. The maximum Gasteiger partial charge on any atom is 0.239 e. The summed E-state index contributed by atoms with van der Waals surface area (Å²) in [6.45, 7) is 0. The number of amides is 1. The number of hydrogen-bond acceptors (Lipinski definition) is 3. The number of aromatic amines is 1. The number of benzene rings is 2. The van der Waals surface area contributed by atoms with Gasteiger partial charge in [-0.1, -0.05) is 30.3 Å². The van der Waals surface area contributed by atoms with Gasteiger partial charge in [0.1, 0.15) is 5.88 Å². The van der Waals surface area contributed by atoms with Crippen LogP contribution >= 0.6 is 11.6 Å². The number of carbonyl (C=O) groups is 1. The van der Waals surface area contributed by atoms with Crippen molar-refractivity contribution >= 4 is 45.0 Å². The number of para-hydroxylation sites is 3. The number of H-pyrrole nitrogens is 1. The molecule has 23 heavy (non-hydrogen) atoms. The van der Waals surface area contributed by atoms with E-state index >= 15 is 0 Å². The molecule has 0 saturated carbocycles. The molecule has 2 aromatic carbocycles. The van der Waals surface area contributed by atoms with Crippen molar-refractivity contribution in [3.05, 3.63) is 54.1 Å². The van der Waals surface area contributed by atoms with Crippen LogP contribution in [0.2, 0.25) is 0 Å². The number of rotatable bonds is 5. The van der Waals surface area contributed by atoms with E-state index in [1.54, 1.807) is 12.1 Å². The summed E-state index contributed by atoms with van der Waals surface area (Å²) in [4.78, 5) is 18.9. The van der Waals surface area contributed by atoms with Crippen LogP contribution in [-0.4, -0.2) is 26.0 Å². The number of nitrogens with zero attached hydrogens (tertiary/aromatic N) is 1. The number of fused-ring (bicyclic) bond motifs is 1. The highest BCUT2D eigenvalue weighted by Crippen LogP contribution is 2.20. The van der Waals surface area contributed by atoms with Gasteiger partial charge in [-0.2, -0.15) is 0 Å². The van der Waals surface area contributed by atoms with Gasteiger partial charge in [0.15, 0.2) is 5.16 Å². The fourth-order valence-electron chi connectivity index (χ4n) is 2.20. The van der Waals surface area contributed by atoms with E-state index < -0.39 is 10.8 Å². The molecular formula is C16H14ClN3O2S. The van der Waals surface area contributed by atoms with Gasteiger partial charge < -0.3 is 10.3 Å². The van der Waals surface area contributed by atoms with Crippen molar-refractivity contribution in [3.8, 4) is 0 Å². The van der Waals surface area contributed by atoms with E-state index in [1.165, 1.54) is 0 Å². The fourth-order valence-corrected chi connectivity index (χ4v) is 3.36. The van der Waals surface area contributed by atoms with Crippen molar-refractivity contribution in [2.45, 2.75) is 10.9 Å². The first-order valence-corrected chi connectivity index (χ1v) is 8.79. The van der Waals surface area contributed by atoms with Crippen LogP contribution in [0.25, 0.3) is 11.0 Å². The van der Waals surface area contributed by atoms with Crippen LogP contribution < -0.4 is 5.32 Å². The van der Waals surface area contributed by atoms with Crippen molar-refractivity contribution in [1.29, 1.82) is 0 Å². The fraction of sp³-hybridized carbons (Fsp3) is 0.125. The van der Waals surface area contributed by atoms with Gasteiger partial charge in [0.05, 0.1) is 27.6 Å². The predicted octanol–water partition coefficient (Wildman–Crippen LogP) is 3.05. The molecule has 0 saturated heterocycles. The van der Waals surface area contributed by atoms with Gasteiger partial charge in [-0.05, 0) is 23.8 Å². The number of aromatic nitrogens is 2. The molecule has 0 bridgehead atoms. The summed E-state index contributed by atoms with van der Waals surface area (Å²) in [5, 5.41) is 3.13. The van der Waals surface area contributed by atoms with Crippen LogP contribution in [-0.2, 0) is 21.3 Å². The molecule has 2 N–H and O–H groups in total. The molecule has 1 unspecified atom stereocenters. The van der Waals surface area contributed by atoms with Crippen LogP contribution in [0, 0.1) is 0 Å². The Morgan fingerprint density at radius 2 is 1.91 bits per heavy atom. The Bertz CT molecular complexity index is 845. The second kappa shape index (κ2) is 6.93. The molecular weight excluding hydrogens is 334 g/mol. The van der Waals surface area contributed by atoms with Gasteiger partial charge in [0.25, 0.3) is 0 Å². The number of carbonyl (C=O) groups excluding carboxylic acids is 1. The normalized spacial score (nSPS) is 12.2. The first-order valence-electron chi connectivity index (χ1n) is 6.94. The smallest absolute Gasteiger partial charge is 0.239 e. The number of nitrogens with one attached hydrogen (secondary N) is 2. The third kappa shape index (κ3) is 3.60. The van der Waals surface area contributed by atoms with E-state index in [-0.39, 0.29) is 17.5 Å². The molecule has 1 amide bonds. The van der Waals surface area contributed by atoms with Crippen LogP contribution in [0.4, 0.5) is 5.69 Å². The highest BCUT2D eigenvalue weighted by molar-refractivity contribution is 7.84. The molecule has 1 aromatic heterocycles. The average molecular weight is 348 g/mol. The molecule has 5 nitrogen and oxygen atoms in total. The molecule has 0 spiro atoms. The molecule has 3 aromatic rings. The monoisotopic (exact) mass is 347 g/mol. The molecule has 1 heterocycles. The molecule has 1 atom stereocenters. The summed E-state index contributed by atoms with van der Waals surface area (Å²) in [6.07, 6.45) is 0. The van der Waals surface area contributed by atoms with Crippen LogP contribution in [0.15, 0.2) is 53.7 Å². The third-order valence-corrected chi connectivity index (χ3v) is 4.72. The van der Waals surface area contributed by atoms with Gasteiger partial charge in [-0.15, -0.1) is 11.6 Å². The summed E-state index contributed by atoms with van der Waals surface area (Å²) in [6, 6.07) is 14.7. The van der Waals surface area contributed by atoms with Crippen LogP contribution in [0.3, 0.4) is 0 Å². The van der Waals surface area contributed by atoms with Crippen LogP contribution in [0.1, 0.15) is 5.56 Å². The molecule has 7 heteroatoms. The summed E-state index contributed by atoms with van der Waals surface area (Å²) < 4.78 is 12.6. The first kappa shape index (κ1) is 15.7. The lowest BCUT2D eigenvalue weighted by atomic mass is 10.2. The van der Waals surface area contributed by atoms with E-state index in [4.69, 9.17) is 11.6 Å². The van der Waals surface area contributed by atoms with Gasteiger partial charge in [0, 0.05) is 5.69 Å². The minimum absolute atomic E-state index is 0.124. The molecule has 3 rings (SSSR count). The number of alkyl halides is 1. The zero-order valence-electron chi connectivity index (χ0n) is 12.1. The summed E-state index contributed by atoms with van der Waals surface area (Å²) >= 11 is 5.51. The Morgan fingerprint density at radius 3 is 2.70 bits per heavy atom. The van der Waals surface area contributed by atoms with Crippen molar-refractivity contribution < 1.29 is 9.00 Å². The molecule has 118 valence electrons. The topological polar surface area (TPSA) is 74.8 Å². The first-order chi connectivity index (χ1) is 11.2. The Kier molecular flexibility index (Phi) is 4.73. The largest absolute Gasteiger partial charge is 0.331 e. The van der Waals surface area contributed by atoms with E-state index in [0.29, 0.717) is 10.8 Å². The lowest BCUT2D eigenvalue weighted by Gasteiger charge is -2.09. The number of anilines is 1. The zero-order chi connectivity index (χ0) is 16.2. The summed E-state index contributed by atoms with van der Waals surface area (Å²) in [5.74, 6) is -0.173. The van der Waals surface area contributed by atoms with Crippen molar-refractivity contribution in [1.82, 2.24) is 9.97 Å².